The zero-order valence-electron chi connectivity index (χ0n) is 14.8. The SMILES string of the molecule is CC(C)(C)OC(=O)NCC(=O)Nc1ccc(Oc2ccc(F)cc2)cc1. The predicted octanol–water partition coefficient (Wildman–Crippen LogP) is 4.08. The lowest BCUT2D eigenvalue weighted by Gasteiger charge is -2.19. The molecule has 2 N–H and O–H groups in total. The molecule has 0 fully saturated rings. The van der Waals surface area contributed by atoms with E-state index in [0.717, 1.165) is 0 Å². The second kappa shape index (κ2) is 8.33. The average Bonchev–Trinajstić information content (AvgIpc) is 2.55. The summed E-state index contributed by atoms with van der Waals surface area (Å²) >= 11 is 0. The molecule has 6 nitrogen and oxygen atoms in total. The molecule has 0 saturated heterocycles. The maximum Gasteiger partial charge on any atom is 0.408 e. The van der Waals surface area contributed by atoms with Crippen LogP contribution >= 0.6 is 0 Å². The second-order valence-electron chi connectivity index (χ2n) is 6.48. The Hall–Kier alpha value is -3.09. The second-order valence-corrected chi connectivity index (χ2v) is 6.48. The zero-order valence-corrected chi connectivity index (χ0v) is 14.8. The van der Waals surface area contributed by atoms with Crippen molar-refractivity contribution < 1.29 is 23.5 Å². The van der Waals surface area contributed by atoms with Gasteiger partial charge in [-0.15, -0.1) is 0 Å². The van der Waals surface area contributed by atoms with Crippen molar-refractivity contribution in [1.82, 2.24) is 5.32 Å². The van der Waals surface area contributed by atoms with Crippen LogP contribution in [0.4, 0.5) is 14.9 Å². The fourth-order valence-corrected chi connectivity index (χ4v) is 1.92. The molecule has 0 spiro atoms. The summed E-state index contributed by atoms with van der Waals surface area (Å²) in [6.07, 6.45) is -0.657. The number of halogens is 1. The highest BCUT2D eigenvalue weighted by Crippen LogP contribution is 2.23. The molecule has 0 atom stereocenters. The lowest BCUT2D eigenvalue weighted by Crippen LogP contribution is -2.37. The maximum atomic E-state index is 12.9. The highest BCUT2D eigenvalue weighted by Gasteiger charge is 2.16. The number of anilines is 1. The summed E-state index contributed by atoms with van der Waals surface area (Å²) < 4.78 is 23.5. The van der Waals surface area contributed by atoms with E-state index in [-0.39, 0.29) is 18.3 Å². The third-order valence-electron chi connectivity index (χ3n) is 2.98. The standard InChI is InChI=1S/C19H21FN2O4/c1-19(2,3)26-18(24)21-12-17(23)22-14-6-10-16(11-7-14)25-15-8-4-13(20)5-9-15/h4-11H,12H2,1-3H3,(H,21,24)(H,22,23). The molecular formula is C19H21FN2O4. The third-order valence-corrected chi connectivity index (χ3v) is 2.98. The molecule has 0 aromatic heterocycles. The summed E-state index contributed by atoms with van der Waals surface area (Å²) in [7, 11) is 0. The molecule has 0 aliphatic heterocycles. The van der Waals surface area contributed by atoms with E-state index < -0.39 is 11.7 Å². The summed E-state index contributed by atoms with van der Waals surface area (Å²) in [6, 6.07) is 12.3. The Morgan fingerprint density at radius 3 is 2.04 bits per heavy atom. The first-order valence-electron chi connectivity index (χ1n) is 8.01. The molecule has 2 amide bonds. The molecule has 0 aliphatic carbocycles. The first-order valence-corrected chi connectivity index (χ1v) is 8.01. The number of ether oxygens (including phenoxy) is 2. The van der Waals surface area contributed by atoms with Crippen LogP contribution in [-0.4, -0.2) is 24.1 Å². The van der Waals surface area contributed by atoms with Crippen molar-refractivity contribution in [2.75, 3.05) is 11.9 Å². The molecule has 0 saturated carbocycles. The molecule has 138 valence electrons. The molecule has 7 heteroatoms. The van der Waals surface area contributed by atoms with Crippen LogP contribution in [0.3, 0.4) is 0 Å². The number of hydrogen-bond acceptors (Lipinski definition) is 4. The molecule has 0 unspecified atom stereocenters. The van der Waals surface area contributed by atoms with Crippen molar-refractivity contribution in [3.05, 3.63) is 54.3 Å². The van der Waals surface area contributed by atoms with E-state index >= 15 is 0 Å². The van der Waals surface area contributed by atoms with Gasteiger partial charge in [0.1, 0.15) is 29.5 Å². The summed E-state index contributed by atoms with van der Waals surface area (Å²) in [6.45, 7) is 5.01. The van der Waals surface area contributed by atoms with Gasteiger partial charge in [0.2, 0.25) is 5.91 Å². The van der Waals surface area contributed by atoms with Crippen molar-refractivity contribution >= 4 is 17.7 Å². The van der Waals surface area contributed by atoms with Crippen LogP contribution in [0.25, 0.3) is 0 Å². The minimum atomic E-state index is -0.657. The molecule has 0 radical (unpaired) electrons. The number of amides is 2. The largest absolute Gasteiger partial charge is 0.457 e. The van der Waals surface area contributed by atoms with E-state index in [1.807, 2.05) is 0 Å². The Balaban J connectivity index is 1.81. The average molecular weight is 360 g/mol. The smallest absolute Gasteiger partial charge is 0.408 e. The Kier molecular flexibility index (Phi) is 6.16. The van der Waals surface area contributed by atoms with Gasteiger partial charge in [-0.05, 0) is 69.3 Å². The topological polar surface area (TPSA) is 76.7 Å². The minimum absolute atomic E-state index is 0.206. The first-order chi connectivity index (χ1) is 12.2. The van der Waals surface area contributed by atoms with Gasteiger partial charge in [-0.25, -0.2) is 9.18 Å². The van der Waals surface area contributed by atoms with Crippen LogP contribution in [0.5, 0.6) is 11.5 Å². The predicted molar refractivity (Wildman–Crippen MR) is 95.8 cm³/mol. The molecule has 26 heavy (non-hydrogen) atoms. The lowest BCUT2D eigenvalue weighted by atomic mass is 10.2. The number of carbonyl (C=O) groups excluding carboxylic acids is 2. The lowest BCUT2D eigenvalue weighted by molar-refractivity contribution is -0.115. The van der Waals surface area contributed by atoms with Gasteiger partial charge >= 0.3 is 6.09 Å². The van der Waals surface area contributed by atoms with Crippen molar-refractivity contribution in [3.63, 3.8) is 0 Å². The first kappa shape index (κ1) is 19.2. The number of nitrogens with one attached hydrogen (secondary N) is 2. The normalized spacial score (nSPS) is 10.8. The van der Waals surface area contributed by atoms with E-state index in [1.54, 1.807) is 45.0 Å². The van der Waals surface area contributed by atoms with Gasteiger partial charge in [0.25, 0.3) is 0 Å². The summed E-state index contributed by atoms with van der Waals surface area (Å²) in [4.78, 5) is 23.3. The van der Waals surface area contributed by atoms with E-state index in [2.05, 4.69) is 10.6 Å². The van der Waals surface area contributed by atoms with Crippen LogP contribution in [0.15, 0.2) is 48.5 Å². The summed E-state index contributed by atoms with van der Waals surface area (Å²) in [5, 5.41) is 5.02. The molecule has 2 aromatic carbocycles. The van der Waals surface area contributed by atoms with E-state index in [4.69, 9.17) is 9.47 Å². The van der Waals surface area contributed by atoms with Crippen LogP contribution in [0.1, 0.15) is 20.8 Å². The summed E-state index contributed by atoms with van der Waals surface area (Å²) in [5.41, 5.74) is -0.0755. The van der Waals surface area contributed by atoms with Crippen molar-refractivity contribution in [2.45, 2.75) is 26.4 Å². The fourth-order valence-electron chi connectivity index (χ4n) is 1.92. The Morgan fingerprint density at radius 1 is 0.962 bits per heavy atom. The van der Waals surface area contributed by atoms with Gasteiger partial charge in [0, 0.05) is 5.69 Å². The molecule has 0 aliphatic rings. The fraction of sp³-hybridized carbons (Fsp3) is 0.263. The van der Waals surface area contributed by atoms with Crippen molar-refractivity contribution in [2.24, 2.45) is 0 Å². The Morgan fingerprint density at radius 2 is 1.50 bits per heavy atom. The number of benzene rings is 2. The van der Waals surface area contributed by atoms with E-state index in [0.29, 0.717) is 17.2 Å². The maximum absolute atomic E-state index is 12.9. The van der Waals surface area contributed by atoms with Crippen LogP contribution in [0, 0.1) is 5.82 Å². The third kappa shape index (κ3) is 6.80. The van der Waals surface area contributed by atoms with Gasteiger partial charge < -0.3 is 20.1 Å². The van der Waals surface area contributed by atoms with Gasteiger partial charge in [0.05, 0.1) is 0 Å². The number of hydrogen-bond donors (Lipinski definition) is 2. The van der Waals surface area contributed by atoms with Crippen LogP contribution in [-0.2, 0) is 9.53 Å². The van der Waals surface area contributed by atoms with Gasteiger partial charge in [0.15, 0.2) is 0 Å². The van der Waals surface area contributed by atoms with Crippen LogP contribution < -0.4 is 15.4 Å². The molecule has 2 aromatic rings. The number of rotatable bonds is 5. The van der Waals surface area contributed by atoms with Gasteiger partial charge in [-0.1, -0.05) is 0 Å². The Bertz CT molecular complexity index is 753. The summed E-state index contributed by atoms with van der Waals surface area (Å²) in [5.74, 6) is 0.324. The number of carbonyl (C=O) groups is 2. The van der Waals surface area contributed by atoms with Crippen molar-refractivity contribution in [1.29, 1.82) is 0 Å². The molecule has 2 rings (SSSR count). The van der Waals surface area contributed by atoms with Gasteiger partial charge in [-0.2, -0.15) is 0 Å². The Labute approximate surface area is 151 Å². The monoisotopic (exact) mass is 360 g/mol. The van der Waals surface area contributed by atoms with E-state index in [1.165, 1.54) is 24.3 Å². The highest BCUT2D eigenvalue weighted by molar-refractivity contribution is 5.93. The quantitative estimate of drug-likeness (QED) is 0.842. The molecule has 0 heterocycles. The molecular weight excluding hydrogens is 339 g/mol. The highest BCUT2D eigenvalue weighted by atomic mass is 19.1. The molecule has 0 bridgehead atoms. The van der Waals surface area contributed by atoms with E-state index in [9.17, 15) is 14.0 Å². The minimum Gasteiger partial charge on any atom is -0.457 e. The van der Waals surface area contributed by atoms with Crippen LogP contribution in [0.2, 0.25) is 0 Å². The van der Waals surface area contributed by atoms with Gasteiger partial charge in [-0.3, -0.25) is 4.79 Å². The van der Waals surface area contributed by atoms with Crippen molar-refractivity contribution in [3.8, 4) is 11.5 Å². The number of alkyl carbamates (subject to hydrolysis) is 1. The zero-order chi connectivity index (χ0) is 19.2.